The van der Waals surface area contributed by atoms with E-state index in [0.717, 1.165) is 4.90 Å². The molecule has 4 aromatic rings. The monoisotopic (exact) mass is 498 g/mol. The van der Waals surface area contributed by atoms with Crippen molar-refractivity contribution in [2.24, 2.45) is 5.10 Å². The van der Waals surface area contributed by atoms with Crippen LogP contribution in [0.15, 0.2) is 65.9 Å². The number of hydrogen-bond acceptors (Lipinski definition) is 8. The predicted octanol–water partition coefficient (Wildman–Crippen LogP) is 4.55. The number of benzene rings is 3. The van der Waals surface area contributed by atoms with E-state index in [1.54, 1.807) is 69.5 Å². The van der Waals surface area contributed by atoms with E-state index in [1.807, 2.05) is 6.07 Å². The maximum absolute atomic E-state index is 13.4. The molecule has 5 rings (SSSR count). The van der Waals surface area contributed by atoms with Crippen molar-refractivity contribution < 1.29 is 19.2 Å². The van der Waals surface area contributed by atoms with Gasteiger partial charge in [-0.1, -0.05) is 12.1 Å². The molecular formula is C26H22N6O5. The summed E-state index contributed by atoms with van der Waals surface area (Å²) >= 11 is 0. The van der Waals surface area contributed by atoms with Gasteiger partial charge in [0.25, 0.3) is 11.8 Å². The van der Waals surface area contributed by atoms with E-state index in [9.17, 15) is 19.7 Å². The van der Waals surface area contributed by atoms with Crippen LogP contribution in [0, 0.1) is 17.0 Å². The van der Waals surface area contributed by atoms with Gasteiger partial charge >= 0.3 is 5.82 Å². The van der Waals surface area contributed by atoms with Crippen molar-refractivity contribution in [3.63, 3.8) is 0 Å². The van der Waals surface area contributed by atoms with Gasteiger partial charge in [0, 0.05) is 28.8 Å². The zero-order valence-electron chi connectivity index (χ0n) is 20.3. The summed E-state index contributed by atoms with van der Waals surface area (Å²) in [7, 11) is 1.54. The molecule has 0 saturated carbocycles. The normalized spacial score (nSPS) is 13.3. The van der Waals surface area contributed by atoms with Gasteiger partial charge < -0.3 is 14.9 Å². The minimum Gasteiger partial charge on any atom is -0.497 e. The standard InChI is InChI=1S/C26H22N6O5/c1-15(14-30-16(2)27-13-23(30)32(35)36)28-29-22-12-11-21-24-19(22)5-4-6-20(24)25(33)31(26(21)34)17-7-9-18(37-3)10-8-17/h4-13,29H,14H2,1-3H3/b28-15+. The van der Waals surface area contributed by atoms with E-state index in [-0.39, 0.29) is 12.4 Å². The molecule has 0 radical (unpaired) electrons. The minimum atomic E-state index is -0.490. The summed E-state index contributed by atoms with van der Waals surface area (Å²) in [6.45, 7) is 3.59. The number of hydrazone groups is 1. The molecule has 0 aliphatic carbocycles. The number of nitro groups is 1. The number of aryl methyl sites for hydroxylation is 1. The number of aromatic nitrogens is 2. The molecule has 1 N–H and O–H groups in total. The van der Waals surface area contributed by atoms with Gasteiger partial charge in [0.1, 0.15) is 18.5 Å². The van der Waals surface area contributed by atoms with Crippen LogP contribution in [-0.4, -0.2) is 39.1 Å². The Hall–Kier alpha value is -5.06. The third-order valence-corrected chi connectivity index (χ3v) is 6.21. The van der Waals surface area contributed by atoms with Crippen LogP contribution in [0.5, 0.6) is 5.75 Å². The molecule has 2 amide bonds. The number of carbonyl (C=O) groups excluding carboxylic acids is 2. The Morgan fingerprint density at radius 1 is 1.08 bits per heavy atom. The first-order chi connectivity index (χ1) is 17.8. The van der Waals surface area contributed by atoms with Gasteiger partial charge in [0.2, 0.25) is 0 Å². The molecule has 2 heterocycles. The smallest absolute Gasteiger partial charge is 0.343 e. The number of anilines is 2. The Kier molecular flexibility index (Phi) is 5.88. The molecule has 11 nitrogen and oxygen atoms in total. The molecule has 37 heavy (non-hydrogen) atoms. The fourth-order valence-electron chi connectivity index (χ4n) is 4.38. The summed E-state index contributed by atoms with van der Waals surface area (Å²) in [4.78, 5) is 42.7. The van der Waals surface area contributed by atoms with Crippen molar-refractivity contribution >= 4 is 45.5 Å². The van der Waals surface area contributed by atoms with Crippen molar-refractivity contribution in [1.82, 2.24) is 9.55 Å². The molecule has 0 saturated heterocycles. The maximum Gasteiger partial charge on any atom is 0.343 e. The van der Waals surface area contributed by atoms with Gasteiger partial charge in [-0.2, -0.15) is 5.10 Å². The molecule has 0 fully saturated rings. The molecular weight excluding hydrogens is 476 g/mol. The Morgan fingerprint density at radius 3 is 2.46 bits per heavy atom. The quantitative estimate of drug-likeness (QED) is 0.171. The van der Waals surface area contributed by atoms with Crippen molar-refractivity contribution in [1.29, 1.82) is 0 Å². The van der Waals surface area contributed by atoms with Gasteiger partial charge in [-0.25, -0.2) is 14.5 Å². The van der Waals surface area contributed by atoms with Gasteiger partial charge in [-0.05, 0) is 54.3 Å². The number of nitrogens with zero attached hydrogens (tertiary/aromatic N) is 5. The van der Waals surface area contributed by atoms with E-state index in [4.69, 9.17) is 4.74 Å². The highest BCUT2D eigenvalue weighted by atomic mass is 16.6. The number of carbonyl (C=O) groups is 2. The number of ether oxygens (including phenoxy) is 1. The predicted molar refractivity (Wildman–Crippen MR) is 138 cm³/mol. The Morgan fingerprint density at radius 2 is 1.78 bits per heavy atom. The van der Waals surface area contributed by atoms with Gasteiger partial charge in [-0.3, -0.25) is 15.0 Å². The third kappa shape index (κ3) is 4.05. The summed E-state index contributed by atoms with van der Waals surface area (Å²) in [5.74, 6) is 0.154. The van der Waals surface area contributed by atoms with Crippen molar-refractivity contribution in [3.05, 3.63) is 87.9 Å². The van der Waals surface area contributed by atoms with Crippen molar-refractivity contribution in [2.45, 2.75) is 20.4 Å². The van der Waals surface area contributed by atoms with Crippen LogP contribution in [0.1, 0.15) is 33.5 Å². The van der Waals surface area contributed by atoms with Crippen molar-refractivity contribution in [3.8, 4) is 5.75 Å². The number of rotatable bonds is 7. The molecule has 0 bridgehead atoms. The number of nitrogens with one attached hydrogen (secondary N) is 1. The average Bonchev–Trinajstić information content (AvgIpc) is 3.26. The largest absolute Gasteiger partial charge is 0.497 e. The van der Waals surface area contributed by atoms with Crippen LogP contribution in [0.25, 0.3) is 10.8 Å². The maximum atomic E-state index is 13.4. The molecule has 1 aliphatic heterocycles. The summed E-state index contributed by atoms with van der Waals surface area (Å²) in [5, 5.41) is 16.8. The summed E-state index contributed by atoms with van der Waals surface area (Å²) in [5.41, 5.74) is 5.40. The average molecular weight is 498 g/mol. The van der Waals surface area contributed by atoms with E-state index in [2.05, 4.69) is 15.5 Å². The molecule has 11 heteroatoms. The highest BCUT2D eigenvalue weighted by molar-refractivity contribution is 6.36. The van der Waals surface area contributed by atoms with Crippen molar-refractivity contribution in [2.75, 3.05) is 17.4 Å². The topological polar surface area (TPSA) is 132 Å². The van der Waals surface area contributed by atoms with Gasteiger partial charge in [0.05, 0.1) is 24.2 Å². The van der Waals surface area contributed by atoms with Crippen LogP contribution < -0.4 is 15.1 Å². The lowest BCUT2D eigenvalue weighted by Gasteiger charge is -2.27. The second kappa shape index (κ2) is 9.19. The lowest BCUT2D eigenvalue weighted by atomic mass is 9.93. The van der Waals surface area contributed by atoms with Crippen LogP contribution in [0.2, 0.25) is 0 Å². The highest BCUT2D eigenvalue weighted by Crippen LogP contribution is 2.36. The van der Waals surface area contributed by atoms with Gasteiger partial charge in [0.15, 0.2) is 5.82 Å². The molecule has 186 valence electrons. The van der Waals surface area contributed by atoms with Gasteiger partial charge in [-0.15, -0.1) is 0 Å². The Bertz CT molecular complexity index is 1580. The summed E-state index contributed by atoms with van der Waals surface area (Å²) < 4.78 is 6.64. The lowest BCUT2D eigenvalue weighted by molar-refractivity contribution is -0.392. The first kappa shape index (κ1) is 23.7. The first-order valence-electron chi connectivity index (χ1n) is 11.3. The molecule has 1 aliphatic rings. The number of methoxy groups -OCH3 is 1. The zero-order valence-corrected chi connectivity index (χ0v) is 20.3. The molecule has 3 aromatic carbocycles. The van der Waals surface area contributed by atoms with Crippen LogP contribution in [-0.2, 0) is 6.54 Å². The SMILES string of the molecule is COc1ccc(N2C(=O)c3cccc4c(N/N=C(\C)Cn5c([N+](=O)[O-])cnc5C)ccc(c34)C2=O)cc1. The highest BCUT2D eigenvalue weighted by Gasteiger charge is 2.34. The van der Waals surface area contributed by atoms with E-state index < -0.39 is 16.7 Å². The summed E-state index contributed by atoms with van der Waals surface area (Å²) in [6.07, 6.45) is 1.21. The number of imide groups is 1. The van der Waals surface area contributed by atoms with Crippen LogP contribution in [0.3, 0.4) is 0 Å². The Labute approximate surface area is 211 Å². The van der Waals surface area contributed by atoms with E-state index in [1.165, 1.54) is 10.8 Å². The molecule has 0 spiro atoms. The lowest BCUT2D eigenvalue weighted by Crippen LogP contribution is -2.40. The number of imidazole rings is 1. The molecule has 1 aromatic heterocycles. The molecule has 0 unspecified atom stereocenters. The fraction of sp³-hybridized carbons (Fsp3) is 0.154. The van der Waals surface area contributed by atoms with Crippen LogP contribution >= 0.6 is 0 Å². The fourth-order valence-corrected chi connectivity index (χ4v) is 4.38. The number of amides is 2. The Balaban J connectivity index is 1.48. The summed E-state index contributed by atoms with van der Waals surface area (Å²) in [6, 6.07) is 15.4. The second-order valence-electron chi connectivity index (χ2n) is 8.50. The second-order valence-corrected chi connectivity index (χ2v) is 8.50. The zero-order chi connectivity index (χ0) is 26.3. The molecule has 0 atom stereocenters. The van der Waals surface area contributed by atoms with E-state index >= 15 is 0 Å². The minimum absolute atomic E-state index is 0.118. The van der Waals surface area contributed by atoms with E-state index in [0.29, 0.717) is 50.6 Å². The van der Waals surface area contributed by atoms with Crippen LogP contribution in [0.4, 0.5) is 17.2 Å². The first-order valence-corrected chi connectivity index (χ1v) is 11.3. The number of hydrogen-bond donors (Lipinski definition) is 1. The third-order valence-electron chi connectivity index (χ3n) is 6.21.